The average molecular weight is 585 g/mol. The Morgan fingerprint density at radius 1 is 1.12 bits per heavy atom. The molecule has 4 rings (SSSR count). The van der Waals surface area contributed by atoms with Gasteiger partial charge in [0.15, 0.2) is 11.6 Å². The highest BCUT2D eigenvalue weighted by Crippen LogP contribution is 2.48. The monoisotopic (exact) mass is 584 g/mol. The van der Waals surface area contributed by atoms with Crippen LogP contribution in [-0.2, 0) is 31.7 Å². The van der Waals surface area contributed by atoms with Crippen LogP contribution in [0.5, 0.6) is 5.75 Å². The van der Waals surface area contributed by atoms with Crippen LogP contribution in [0.4, 0.5) is 5.82 Å². The largest absolute Gasteiger partial charge is 0.462 e. The number of aliphatic hydroxyl groups is 1. The number of aromatic nitrogens is 3. The number of carbonyl (C=O) groups is 1. The maximum Gasteiger partial charge on any atom is 0.462 e. The number of rotatable bonds is 13. The van der Waals surface area contributed by atoms with Gasteiger partial charge in [0.25, 0.3) is 0 Å². The van der Waals surface area contributed by atoms with Gasteiger partial charge in [0, 0.05) is 5.39 Å². The molecule has 13 heteroatoms. The Hall–Kier alpha value is -3.54. The molecule has 5 N–H and O–H groups in total. The third-order valence-corrected chi connectivity index (χ3v) is 7.81. The van der Waals surface area contributed by atoms with E-state index in [4.69, 9.17) is 24.5 Å². The van der Waals surface area contributed by atoms with Gasteiger partial charge in [-0.2, -0.15) is 5.09 Å². The second kappa shape index (κ2) is 12.5. The Balaban J connectivity index is 1.73. The van der Waals surface area contributed by atoms with Gasteiger partial charge >= 0.3 is 13.7 Å². The highest BCUT2D eigenvalue weighted by atomic mass is 31.2. The molecule has 2 aromatic heterocycles. The fourth-order valence-electron chi connectivity index (χ4n) is 4.34. The summed E-state index contributed by atoms with van der Waals surface area (Å²) in [5, 5.41) is 18.2. The molecule has 0 spiro atoms. The molecule has 0 bridgehead atoms. The first kappa shape index (κ1) is 30.4. The molecule has 0 amide bonds. The summed E-state index contributed by atoms with van der Waals surface area (Å²) in [6, 6.07) is 14.7. The molecule has 12 nitrogen and oxygen atoms in total. The van der Waals surface area contributed by atoms with Crippen molar-refractivity contribution in [3.8, 4) is 5.75 Å². The second-order valence-corrected chi connectivity index (χ2v) is 11.7. The number of imidazole rings is 1. The minimum atomic E-state index is -4.38. The molecular weight excluding hydrogens is 547 g/mol. The van der Waals surface area contributed by atoms with Gasteiger partial charge in [0.1, 0.15) is 23.1 Å². The summed E-state index contributed by atoms with van der Waals surface area (Å²) < 4.78 is 32.7. The van der Waals surface area contributed by atoms with Gasteiger partial charge in [-0.15, -0.1) is 0 Å². The number of ether oxygens (including phenoxy) is 1. The molecule has 2 aromatic carbocycles. The Labute approximate surface area is 238 Å². The number of pyridine rings is 1. The first-order valence-electron chi connectivity index (χ1n) is 13.4. The molecule has 0 fully saturated rings. The number of para-hydroxylation sites is 2. The molecule has 4 aromatic rings. The molecule has 0 saturated heterocycles. The van der Waals surface area contributed by atoms with E-state index >= 15 is 0 Å². The molecule has 2 heterocycles. The predicted molar refractivity (Wildman–Crippen MR) is 157 cm³/mol. The van der Waals surface area contributed by atoms with Crippen LogP contribution >= 0.6 is 7.75 Å². The zero-order valence-corrected chi connectivity index (χ0v) is 24.7. The lowest BCUT2D eigenvalue weighted by Crippen LogP contribution is -2.41. The molecule has 41 heavy (non-hydrogen) atoms. The van der Waals surface area contributed by atoms with Crippen molar-refractivity contribution >= 4 is 41.5 Å². The minimum Gasteiger partial charge on any atom is -0.462 e. The van der Waals surface area contributed by atoms with E-state index in [9.17, 15) is 14.5 Å². The minimum absolute atomic E-state index is 0.202. The van der Waals surface area contributed by atoms with Crippen molar-refractivity contribution in [2.24, 2.45) is 0 Å². The SMILES string of the molecule is CCNCc1nc2c(N)nc3ccccc3c2n1CC(C)(O)O[P@](=O)(N[C@@H](C)C(=O)OC(C)C)Oc1ccccc1. The smallest absolute Gasteiger partial charge is 0.462 e. The third-order valence-electron chi connectivity index (χ3n) is 6.02. The van der Waals surface area contributed by atoms with Crippen molar-refractivity contribution in [2.75, 3.05) is 12.3 Å². The lowest BCUT2D eigenvalue weighted by atomic mass is 10.2. The van der Waals surface area contributed by atoms with Gasteiger partial charge in [0.2, 0.25) is 0 Å². The number of anilines is 1. The van der Waals surface area contributed by atoms with E-state index in [1.165, 1.54) is 13.8 Å². The normalized spacial score (nSPS) is 15.5. The summed E-state index contributed by atoms with van der Waals surface area (Å²) in [6.45, 7) is 9.06. The molecule has 3 atom stereocenters. The number of fused-ring (bicyclic) bond motifs is 3. The zero-order chi connectivity index (χ0) is 29.8. The number of carbonyl (C=O) groups excluding carboxylic acids is 1. The van der Waals surface area contributed by atoms with Crippen molar-refractivity contribution < 1.29 is 28.3 Å². The van der Waals surface area contributed by atoms with Gasteiger partial charge in [-0.1, -0.05) is 43.3 Å². The molecule has 1 unspecified atom stereocenters. The molecule has 0 aliphatic carbocycles. The van der Waals surface area contributed by atoms with Crippen molar-refractivity contribution in [3.05, 3.63) is 60.4 Å². The van der Waals surface area contributed by atoms with E-state index in [0.717, 1.165) is 5.39 Å². The van der Waals surface area contributed by atoms with Crippen molar-refractivity contribution in [3.63, 3.8) is 0 Å². The highest BCUT2D eigenvalue weighted by molar-refractivity contribution is 7.52. The summed E-state index contributed by atoms with van der Waals surface area (Å²) in [7, 11) is -4.38. The third kappa shape index (κ3) is 7.41. The number of hydrogen-bond acceptors (Lipinski definition) is 10. The Kier molecular flexibility index (Phi) is 9.31. The van der Waals surface area contributed by atoms with Crippen LogP contribution in [0.25, 0.3) is 21.9 Å². The van der Waals surface area contributed by atoms with Gasteiger partial charge in [-0.25, -0.2) is 14.5 Å². The van der Waals surface area contributed by atoms with E-state index in [2.05, 4.69) is 15.4 Å². The first-order chi connectivity index (χ1) is 19.4. The standard InChI is InChI=1S/C28H37N6O6P/c1-6-30-16-23-32-24-25(21-14-10-11-15-22(21)31-26(24)29)34(23)17-28(5,36)40-41(37,39-20-12-8-7-9-13-20)33-19(4)27(35)38-18(2)3/h7-15,18-19,30,36H,6,16-17H2,1-5H3,(H2,29,31)(H,33,37)/t19-,28?,41-/m0/s1. The van der Waals surface area contributed by atoms with Crippen LogP contribution in [0, 0.1) is 0 Å². The van der Waals surface area contributed by atoms with E-state index in [-0.39, 0.29) is 24.2 Å². The fraction of sp³-hybridized carbons (Fsp3) is 0.393. The van der Waals surface area contributed by atoms with Gasteiger partial charge in [-0.3, -0.25) is 9.32 Å². The van der Waals surface area contributed by atoms with E-state index in [1.54, 1.807) is 48.7 Å². The van der Waals surface area contributed by atoms with Crippen molar-refractivity contribution in [2.45, 2.75) is 65.6 Å². The maximum absolute atomic E-state index is 14.1. The van der Waals surface area contributed by atoms with Crippen LogP contribution in [0.3, 0.4) is 0 Å². The van der Waals surface area contributed by atoms with Crippen molar-refractivity contribution in [1.82, 2.24) is 24.9 Å². The lowest BCUT2D eigenvalue weighted by molar-refractivity contribution is -0.150. The van der Waals surface area contributed by atoms with Crippen LogP contribution in [0.15, 0.2) is 54.6 Å². The van der Waals surface area contributed by atoms with E-state index in [0.29, 0.717) is 35.5 Å². The average Bonchev–Trinajstić information content (AvgIpc) is 3.25. The Morgan fingerprint density at radius 3 is 2.49 bits per heavy atom. The van der Waals surface area contributed by atoms with Crippen LogP contribution < -0.4 is 20.7 Å². The second-order valence-electron chi connectivity index (χ2n) is 10.1. The first-order valence-corrected chi connectivity index (χ1v) is 15.0. The Morgan fingerprint density at radius 2 is 1.80 bits per heavy atom. The number of esters is 1. The lowest BCUT2D eigenvalue weighted by Gasteiger charge is -2.31. The molecule has 0 aliphatic rings. The van der Waals surface area contributed by atoms with Crippen LogP contribution in [-0.4, -0.2) is 50.1 Å². The summed E-state index contributed by atoms with van der Waals surface area (Å²) in [5.41, 5.74) is 8.06. The summed E-state index contributed by atoms with van der Waals surface area (Å²) >= 11 is 0. The quantitative estimate of drug-likeness (QED) is 0.102. The number of hydrogen-bond donors (Lipinski definition) is 4. The molecule has 0 saturated carbocycles. The molecule has 0 radical (unpaired) electrons. The number of nitrogen functional groups attached to an aromatic ring is 1. The number of nitrogens with zero attached hydrogens (tertiary/aromatic N) is 3. The van der Waals surface area contributed by atoms with Crippen LogP contribution in [0.1, 0.15) is 40.4 Å². The zero-order valence-electron chi connectivity index (χ0n) is 23.8. The summed E-state index contributed by atoms with van der Waals surface area (Å²) in [6.07, 6.45) is -0.383. The Bertz CT molecular complexity index is 1560. The molecular formula is C28H37N6O6P. The predicted octanol–water partition coefficient (Wildman–Crippen LogP) is 4.12. The molecule has 0 aliphatic heterocycles. The fourth-order valence-corrected chi connectivity index (χ4v) is 6.04. The van der Waals surface area contributed by atoms with Gasteiger partial charge < -0.3 is 30.0 Å². The number of nitrogens with one attached hydrogen (secondary N) is 2. The summed E-state index contributed by atoms with van der Waals surface area (Å²) in [4.78, 5) is 21.7. The number of benzene rings is 2. The number of nitrogens with two attached hydrogens (primary N) is 1. The topological polar surface area (TPSA) is 163 Å². The van der Waals surface area contributed by atoms with Crippen molar-refractivity contribution in [1.29, 1.82) is 0 Å². The molecule has 220 valence electrons. The summed E-state index contributed by atoms with van der Waals surface area (Å²) in [5.74, 6) is -1.70. The van der Waals surface area contributed by atoms with E-state index < -0.39 is 25.5 Å². The van der Waals surface area contributed by atoms with Gasteiger partial charge in [-0.05, 0) is 52.4 Å². The van der Waals surface area contributed by atoms with Gasteiger partial charge in [0.05, 0.1) is 30.2 Å². The maximum atomic E-state index is 14.1. The van der Waals surface area contributed by atoms with Crippen LogP contribution in [0.2, 0.25) is 0 Å². The highest BCUT2D eigenvalue weighted by Gasteiger charge is 2.40. The van der Waals surface area contributed by atoms with E-state index in [1.807, 2.05) is 31.2 Å².